The van der Waals surface area contributed by atoms with E-state index in [1.54, 1.807) is 25.1 Å². The van der Waals surface area contributed by atoms with Gasteiger partial charge in [-0.15, -0.1) is 0 Å². The summed E-state index contributed by atoms with van der Waals surface area (Å²) in [5.41, 5.74) is 1.03. The van der Waals surface area contributed by atoms with Crippen molar-refractivity contribution in [2.75, 3.05) is 23.8 Å². The molecule has 0 saturated carbocycles. The van der Waals surface area contributed by atoms with Crippen molar-refractivity contribution in [2.45, 2.75) is 27.7 Å². The average molecular weight is 328 g/mol. The summed E-state index contributed by atoms with van der Waals surface area (Å²) in [6.07, 6.45) is 0. The third-order valence-corrected chi connectivity index (χ3v) is 3.19. The van der Waals surface area contributed by atoms with Crippen molar-refractivity contribution in [2.24, 2.45) is 5.92 Å². The van der Waals surface area contributed by atoms with Gasteiger partial charge in [0, 0.05) is 18.3 Å². The summed E-state index contributed by atoms with van der Waals surface area (Å²) in [6.45, 7) is 9.32. The zero-order valence-electron chi connectivity index (χ0n) is 14.6. The molecular weight excluding hydrogens is 304 g/mol. The number of carbonyl (C=O) groups is 1. The predicted molar refractivity (Wildman–Crippen MR) is 95.7 cm³/mol. The third-order valence-electron chi connectivity index (χ3n) is 3.19. The molecule has 1 aromatic heterocycles. The van der Waals surface area contributed by atoms with E-state index in [-0.39, 0.29) is 5.91 Å². The smallest absolute Gasteiger partial charge is 0.274 e. The van der Waals surface area contributed by atoms with Gasteiger partial charge in [-0.3, -0.25) is 4.79 Å². The number of carbonyl (C=O) groups excluding carboxylic acids is 1. The van der Waals surface area contributed by atoms with Gasteiger partial charge in [-0.25, -0.2) is 9.97 Å². The van der Waals surface area contributed by atoms with E-state index >= 15 is 0 Å². The van der Waals surface area contributed by atoms with Crippen LogP contribution < -0.4 is 15.4 Å². The maximum atomic E-state index is 12.4. The quantitative estimate of drug-likeness (QED) is 0.813. The SMILES string of the molecule is CCOc1ccc(NC(=O)c2cc(NCC(C)C)nc(C)n2)cc1. The number of rotatable bonds is 7. The molecule has 128 valence electrons. The number of hydrogen-bond acceptors (Lipinski definition) is 5. The molecule has 0 aliphatic carbocycles. The highest BCUT2D eigenvalue weighted by atomic mass is 16.5. The minimum Gasteiger partial charge on any atom is -0.494 e. The first-order valence-electron chi connectivity index (χ1n) is 8.11. The van der Waals surface area contributed by atoms with Crippen molar-refractivity contribution in [3.63, 3.8) is 0 Å². The second-order valence-electron chi connectivity index (χ2n) is 5.87. The fourth-order valence-corrected chi connectivity index (χ4v) is 2.08. The van der Waals surface area contributed by atoms with Crippen LogP contribution in [0.5, 0.6) is 5.75 Å². The number of anilines is 2. The molecule has 24 heavy (non-hydrogen) atoms. The van der Waals surface area contributed by atoms with Crippen molar-refractivity contribution in [1.29, 1.82) is 0 Å². The maximum absolute atomic E-state index is 12.4. The lowest BCUT2D eigenvalue weighted by molar-refractivity contribution is 0.102. The van der Waals surface area contributed by atoms with Crippen LogP contribution in [0, 0.1) is 12.8 Å². The standard InChI is InChI=1S/C18H24N4O2/c1-5-24-15-8-6-14(7-9-15)22-18(23)16-10-17(19-11-12(2)3)21-13(4)20-16/h6-10,12H,5,11H2,1-4H3,(H,22,23)(H,19,20,21). The van der Waals surface area contributed by atoms with Gasteiger partial charge in [0.15, 0.2) is 0 Å². The molecular formula is C18H24N4O2. The van der Waals surface area contributed by atoms with Crippen LogP contribution >= 0.6 is 0 Å². The maximum Gasteiger partial charge on any atom is 0.274 e. The van der Waals surface area contributed by atoms with E-state index in [9.17, 15) is 4.79 Å². The van der Waals surface area contributed by atoms with E-state index in [0.29, 0.717) is 35.5 Å². The van der Waals surface area contributed by atoms with E-state index in [2.05, 4.69) is 34.4 Å². The van der Waals surface area contributed by atoms with Gasteiger partial charge in [0.05, 0.1) is 6.61 Å². The van der Waals surface area contributed by atoms with Crippen molar-refractivity contribution in [3.05, 3.63) is 41.9 Å². The lowest BCUT2D eigenvalue weighted by Crippen LogP contribution is -2.16. The topological polar surface area (TPSA) is 76.1 Å². The van der Waals surface area contributed by atoms with Crippen LogP contribution in [0.1, 0.15) is 37.1 Å². The molecule has 0 radical (unpaired) electrons. The van der Waals surface area contributed by atoms with E-state index < -0.39 is 0 Å². The van der Waals surface area contributed by atoms with Gasteiger partial charge < -0.3 is 15.4 Å². The van der Waals surface area contributed by atoms with Crippen LogP contribution in [0.15, 0.2) is 30.3 Å². The summed E-state index contributed by atoms with van der Waals surface area (Å²) in [7, 11) is 0. The number of ether oxygens (including phenoxy) is 1. The Balaban J connectivity index is 2.08. The van der Waals surface area contributed by atoms with Crippen LogP contribution in [-0.2, 0) is 0 Å². The van der Waals surface area contributed by atoms with Crippen molar-refractivity contribution < 1.29 is 9.53 Å². The fraction of sp³-hybridized carbons (Fsp3) is 0.389. The summed E-state index contributed by atoms with van der Waals surface area (Å²) in [5.74, 6) is 2.21. The minimum absolute atomic E-state index is 0.266. The largest absolute Gasteiger partial charge is 0.494 e. The summed E-state index contributed by atoms with van der Waals surface area (Å²) >= 11 is 0. The number of nitrogens with one attached hydrogen (secondary N) is 2. The highest BCUT2D eigenvalue weighted by molar-refractivity contribution is 6.03. The Hall–Kier alpha value is -2.63. The second kappa shape index (κ2) is 8.29. The molecule has 0 aliphatic rings. The molecule has 1 aromatic carbocycles. The summed E-state index contributed by atoms with van der Waals surface area (Å²) in [4.78, 5) is 20.9. The molecule has 0 fully saturated rings. The molecule has 0 unspecified atom stereocenters. The number of hydrogen-bond donors (Lipinski definition) is 2. The van der Waals surface area contributed by atoms with Crippen molar-refractivity contribution >= 4 is 17.4 Å². The zero-order chi connectivity index (χ0) is 17.5. The molecule has 0 aliphatic heterocycles. The normalized spacial score (nSPS) is 10.5. The van der Waals surface area contributed by atoms with Crippen LogP contribution in [0.25, 0.3) is 0 Å². The lowest BCUT2D eigenvalue weighted by Gasteiger charge is -2.11. The zero-order valence-corrected chi connectivity index (χ0v) is 14.6. The third kappa shape index (κ3) is 5.22. The van der Waals surface area contributed by atoms with Crippen LogP contribution in [-0.4, -0.2) is 29.0 Å². The van der Waals surface area contributed by atoms with E-state index in [0.717, 1.165) is 12.3 Å². The number of aromatic nitrogens is 2. The molecule has 0 saturated heterocycles. The van der Waals surface area contributed by atoms with E-state index in [1.165, 1.54) is 0 Å². The lowest BCUT2D eigenvalue weighted by atomic mass is 10.2. The number of aryl methyl sites for hydroxylation is 1. The molecule has 2 N–H and O–H groups in total. The van der Waals surface area contributed by atoms with E-state index in [1.807, 2.05) is 19.1 Å². The van der Waals surface area contributed by atoms with Gasteiger partial charge in [0.2, 0.25) is 0 Å². The Morgan fingerprint density at radius 3 is 2.54 bits per heavy atom. The Kier molecular flexibility index (Phi) is 6.12. The Labute approximate surface area is 142 Å². The average Bonchev–Trinajstić information content (AvgIpc) is 2.54. The molecule has 2 rings (SSSR count). The molecule has 0 atom stereocenters. The second-order valence-corrected chi connectivity index (χ2v) is 5.87. The molecule has 6 nitrogen and oxygen atoms in total. The number of nitrogens with zero attached hydrogens (tertiary/aromatic N) is 2. The summed E-state index contributed by atoms with van der Waals surface area (Å²) in [6, 6.07) is 8.91. The monoisotopic (exact) mass is 328 g/mol. The van der Waals surface area contributed by atoms with Gasteiger partial charge in [0.25, 0.3) is 5.91 Å². The van der Waals surface area contributed by atoms with Crippen LogP contribution in [0.3, 0.4) is 0 Å². The fourth-order valence-electron chi connectivity index (χ4n) is 2.08. The van der Waals surface area contributed by atoms with Crippen LogP contribution in [0.2, 0.25) is 0 Å². The Morgan fingerprint density at radius 2 is 1.92 bits per heavy atom. The van der Waals surface area contributed by atoms with Crippen LogP contribution in [0.4, 0.5) is 11.5 Å². The van der Waals surface area contributed by atoms with Gasteiger partial charge in [-0.2, -0.15) is 0 Å². The summed E-state index contributed by atoms with van der Waals surface area (Å²) < 4.78 is 5.39. The molecule has 6 heteroatoms. The first-order valence-corrected chi connectivity index (χ1v) is 8.11. The summed E-state index contributed by atoms with van der Waals surface area (Å²) in [5, 5.41) is 6.05. The van der Waals surface area contributed by atoms with Crippen molar-refractivity contribution in [3.8, 4) is 5.75 Å². The Morgan fingerprint density at radius 1 is 1.21 bits per heavy atom. The number of amides is 1. The highest BCUT2D eigenvalue weighted by Crippen LogP contribution is 2.17. The minimum atomic E-state index is -0.266. The van der Waals surface area contributed by atoms with Gasteiger partial charge in [-0.1, -0.05) is 13.8 Å². The van der Waals surface area contributed by atoms with E-state index in [4.69, 9.17) is 4.74 Å². The molecule has 1 heterocycles. The molecule has 2 aromatic rings. The molecule has 1 amide bonds. The highest BCUT2D eigenvalue weighted by Gasteiger charge is 2.11. The predicted octanol–water partition coefficient (Wildman–Crippen LogP) is 3.50. The molecule has 0 bridgehead atoms. The first kappa shape index (κ1) is 17.7. The number of benzene rings is 1. The molecule has 0 spiro atoms. The van der Waals surface area contributed by atoms with Gasteiger partial charge >= 0.3 is 0 Å². The van der Waals surface area contributed by atoms with Crippen molar-refractivity contribution in [1.82, 2.24) is 9.97 Å². The van der Waals surface area contributed by atoms with Gasteiger partial charge in [-0.05, 0) is 44.0 Å². The Bertz CT molecular complexity index is 684. The van der Waals surface area contributed by atoms with Gasteiger partial charge in [0.1, 0.15) is 23.1 Å². The first-order chi connectivity index (χ1) is 11.5.